The van der Waals surface area contributed by atoms with Crippen molar-refractivity contribution in [2.45, 2.75) is 62.4 Å². The van der Waals surface area contributed by atoms with E-state index in [1.54, 1.807) is 24.3 Å². The number of nitrogens with one attached hydrogen (secondary N) is 6. The third-order valence-corrected chi connectivity index (χ3v) is 7.49. The van der Waals surface area contributed by atoms with Crippen LogP contribution in [0.2, 0.25) is 0 Å². The fourth-order valence-electron chi connectivity index (χ4n) is 4.10. The summed E-state index contributed by atoms with van der Waals surface area (Å²) in [6.07, 6.45) is 0. The molecule has 0 radical (unpaired) electrons. The van der Waals surface area contributed by atoms with Crippen molar-refractivity contribution in [3.8, 4) is 0 Å². The molecule has 0 saturated carbocycles. The van der Waals surface area contributed by atoms with Gasteiger partial charge in [0.05, 0.1) is 21.2 Å². The summed E-state index contributed by atoms with van der Waals surface area (Å²) in [4.78, 5) is 23.9. The van der Waals surface area contributed by atoms with Crippen LogP contribution in [0.15, 0.2) is 46.2 Å². The molecule has 2 aromatic heterocycles. The maximum absolute atomic E-state index is 12.3. The van der Waals surface area contributed by atoms with Crippen molar-refractivity contribution < 1.29 is 85.1 Å². The van der Waals surface area contributed by atoms with Crippen LogP contribution in [0.3, 0.4) is 0 Å². The average Bonchev–Trinajstić information content (AvgIpc) is 2.85. The van der Waals surface area contributed by atoms with E-state index < -0.39 is 52.5 Å². The molecule has 4 aromatic rings. The van der Waals surface area contributed by atoms with Gasteiger partial charge in [0.2, 0.25) is 35.7 Å². The van der Waals surface area contributed by atoms with Crippen molar-refractivity contribution in [3.63, 3.8) is 0 Å². The largest absolute Gasteiger partial charge is 1.00 e. The van der Waals surface area contributed by atoms with Crippen LogP contribution in [0.25, 0.3) is 0 Å². The molecule has 2 aromatic carbocycles. The third-order valence-electron chi connectivity index (χ3n) is 5.73. The number of anilines is 10. The predicted molar refractivity (Wildman–Crippen MR) is 168 cm³/mol. The topological polar surface area (TPSA) is 264 Å². The quantitative estimate of drug-likeness (QED) is 0.0835. The van der Waals surface area contributed by atoms with Gasteiger partial charge in [0.1, 0.15) is 20.2 Å². The van der Waals surface area contributed by atoms with Gasteiger partial charge in [-0.05, 0) is 71.9 Å². The minimum atomic E-state index is -5.36. The number of benzene rings is 2. The molecule has 18 nitrogen and oxygen atoms in total. The Morgan fingerprint density at radius 3 is 1.25 bits per heavy atom. The molecule has 0 unspecified atom stereocenters. The molecule has 3 heterocycles. The van der Waals surface area contributed by atoms with E-state index in [1.807, 2.05) is 41.5 Å². The molecule has 0 atom stereocenters. The molecule has 1 aliphatic rings. The van der Waals surface area contributed by atoms with E-state index in [-0.39, 0.29) is 94.8 Å². The second kappa shape index (κ2) is 14.5. The summed E-state index contributed by atoms with van der Waals surface area (Å²) in [5.41, 5.74) is -0.848. The molecular weight excluding hydrogens is 686 g/mol. The minimum Gasteiger partial charge on any atom is -0.744 e. The van der Waals surface area contributed by atoms with Crippen molar-refractivity contribution in [2.24, 2.45) is 0 Å². The van der Waals surface area contributed by atoms with Crippen LogP contribution in [0, 0.1) is 0 Å². The molecule has 244 valence electrons. The first-order chi connectivity index (χ1) is 21.2. The maximum Gasteiger partial charge on any atom is 1.00 e. The first-order valence-corrected chi connectivity index (χ1v) is 16.4. The van der Waals surface area contributed by atoms with Gasteiger partial charge in [0.15, 0.2) is 0 Å². The van der Waals surface area contributed by atoms with Gasteiger partial charge in [-0.1, -0.05) is 6.07 Å². The van der Waals surface area contributed by atoms with E-state index in [9.17, 15) is 25.9 Å². The second-order valence-corrected chi connectivity index (χ2v) is 14.9. The van der Waals surface area contributed by atoms with E-state index in [0.717, 1.165) is 6.07 Å². The fourth-order valence-corrected chi connectivity index (χ4v) is 5.46. The Morgan fingerprint density at radius 1 is 0.562 bits per heavy atom. The Morgan fingerprint density at radius 2 is 0.917 bits per heavy atom. The first kappa shape index (κ1) is 39.5. The first-order valence-electron chi connectivity index (χ1n) is 13.6. The maximum atomic E-state index is 12.3. The molecule has 5 rings (SSSR count). The Hall–Kier alpha value is -2.92. The number of fused-ring (bicyclic) bond motifs is 8. The van der Waals surface area contributed by atoms with E-state index in [4.69, 9.17) is 0 Å². The second-order valence-electron chi connectivity index (χ2n) is 12.2. The van der Waals surface area contributed by atoms with Gasteiger partial charge in [-0.3, -0.25) is 0 Å². The standard InChI is InChI=1S/C26H32N12O6S2.2Na/c1-25(2,3)37-23-33-19-27-13-8-7-9-14(10-13)28-20-32-22(36-24(34-20)38-26(4,5)6)30-16-11-15(29-21(31-19)35-23)17(45(39,40)41)12-18(16)46(42,43)44;;/h7-12H,1-6H3,(H,39,40,41)(H,42,43,44)(H3,27,29,31,33,35,37)(H3,28,30,32,34,36,38);;/q;2*+1/p-2. The van der Waals surface area contributed by atoms with E-state index in [0.29, 0.717) is 17.4 Å². The minimum absolute atomic E-state index is 0. The zero-order valence-electron chi connectivity index (χ0n) is 27.4. The van der Waals surface area contributed by atoms with Crippen LogP contribution >= 0.6 is 0 Å². The molecule has 1 aliphatic heterocycles. The van der Waals surface area contributed by atoms with Gasteiger partial charge in [-0.15, -0.1) is 0 Å². The number of hydrogen-bond acceptors (Lipinski definition) is 18. The van der Waals surface area contributed by atoms with Gasteiger partial charge in [0.25, 0.3) is 0 Å². The molecule has 22 heteroatoms. The number of aromatic nitrogens is 6. The molecule has 0 fully saturated rings. The summed E-state index contributed by atoms with van der Waals surface area (Å²) in [5.74, 6) is -0.236. The van der Waals surface area contributed by atoms with Crippen molar-refractivity contribution in [1.29, 1.82) is 0 Å². The van der Waals surface area contributed by atoms with Gasteiger partial charge in [-0.2, -0.15) is 29.9 Å². The van der Waals surface area contributed by atoms with E-state index >= 15 is 0 Å². The molecule has 0 saturated heterocycles. The Bertz CT molecular complexity index is 1920. The van der Waals surface area contributed by atoms with Crippen LogP contribution in [-0.2, 0) is 20.2 Å². The fraction of sp³-hybridized carbons (Fsp3) is 0.308. The van der Waals surface area contributed by atoms with Crippen LogP contribution in [0.4, 0.5) is 58.4 Å². The van der Waals surface area contributed by atoms with Crippen LogP contribution in [0.5, 0.6) is 0 Å². The number of rotatable bonds is 4. The zero-order chi connectivity index (χ0) is 33.7. The van der Waals surface area contributed by atoms with Gasteiger partial charge < -0.3 is 41.0 Å². The summed E-state index contributed by atoms with van der Waals surface area (Å²) in [5, 5.41) is 17.6. The van der Waals surface area contributed by atoms with E-state index in [1.165, 1.54) is 0 Å². The van der Waals surface area contributed by atoms with Gasteiger partial charge in [0, 0.05) is 22.5 Å². The Labute approximate surface area is 321 Å². The predicted octanol–water partition coefficient (Wildman–Crippen LogP) is -2.42. The molecule has 0 aliphatic carbocycles. The zero-order valence-corrected chi connectivity index (χ0v) is 33.0. The smallest absolute Gasteiger partial charge is 0.744 e. The average molecular weight is 717 g/mol. The van der Waals surface area contributed by atoms with Crippen LogP contribution < -0.4 is 91.0 Å². The van der Waals surface area contributed by atoms with Gasteiger partial charge in [-0.25, -0.2) is 16.8 Å². The number of nitrogens with zero attached hydrogens (tertiary/aromatic N) is 6. The molecule has 48 heavy (non-hydrogen) atoms. The molecule has 8 bridgehead atoms. The number of hydrogen-bond donors (Lipinski definition) is 6. The van der Waals surface area contributed by atoms with Crippen molar-refractivity contribution in [1.82, 2.24) is 29.9 Å². The van der Waals surface area contributed by atoms with Crippen LogP contribution in [-0.4, -0.2) is 66.9 Å². The summed E-state index contributed by atoms with van der Waals surface area (Å²) in [7, 11) is -10.7. The summed E-state index contributed by atoms with van der Waals surface area (Å²) < 4.78 is 74.1. The SMILES string of the molecule is CC(C)(C)Nc1nc2nc(n1)Nc1cc(c(S(=O)(=O)[O-])cc1S(=O)(=O)[O-])Nc1nc(nc(NC(C)(C)C)n1)Nc1cccc(c1)N2.[Na+].[Na+]. The normalized spacial score (nSPS) is 12.8. The molecule has 0 spiro atoms. The van der Waals surface area contributed by atoms with Crippen molar-refractivity contribution >= 4 is 78.7 Å². The monoisotopic (exact) mass is 716 g/mol. The summed E-state index contributed by atoms with van der Waals surface area (Å²) in [6, 6.07) is 8.31. The Kier molecular flexibility index (Phi) is 11.9. The van der Waals surface area contributed by atoms with Crippen molar-refractivity contribution in [2.75, 3.05) is 31.9 Å². The molecule has 0 amide bonds. The third kappa shape index (κ3) is 10.5. The van der Waals surface area contributed by atoms with E-state index in [2.05, 4.69) is 61.8 Å². The summed E-state index contributed by atoms with van der Waals surface area (Å²) in [6.45, 7) is 11.2. The molecule has 6 N–H and O–H groups in total. The summed E-state index contributed by atoms with van der Waals surface area (Å²) >= 11 is 0. The van der Waals surface area contributed by atoms with Crippen molar-refractivity contribution in [3.05, 3.63) is 36.4 Å². The van der Waals surface area contributed by atoms with Gasteiger partial charge >= 0.3 is 59.1 Å². The molecular formula is C26H30N12Na2O6S2. The van der Waals surface area contributed by atoms with Crippen LogP contribution in [0.1, 0.15) is 41.5 Å². The Balaban J connectivity index is 0.00000312.